The maximum Gasteiger partial charge on any atom is 0.271 e. The standard InChI is InChI=1S/C14H18ClN3O2/c1-17-10-2-3-11(17)7-9(6-10)16-14-5-4-12(18(19)20)8-13(14)15/h4-5,8-11,16H,2-3,6-7H2,1H3. The Kier molecular flexibility index (Phi) is 3.56. The van der Waals surface area contributed by atoms with E-state index in [-0.39, 0.29) is 5.69 Å². The van der Waals surface area contributed by atoms with Gasteiger partial charge in [0.1, 0.15) is 0 Å². The first-order valence-electron chi connectivity index (χ1n) is 6.97. The second kappa shape index (κ2) is 5.22. The second-order valence-corrected chi connectivity index (χ2v) is 6.19. The van der Waals surface area contributed by atoms with E-state index in [4.69, 9.17) is 11.6 Å². The molecule has 2 fully saturated rings. The van der Waals surface area contributed by atoms with Crippen molar-refractivity contribution in [2.24, 2.45) is 0 Å². The van der Waals surface area contributed by atoms with Gasteiger partial charge in [0, 0.05) is 30.3 Å². The maximum absolute atomic E-state index is 10.7. The van der Waals surface area contributed by atoms with E-state index in [0.717, 1.165) is 18.5 Å². The molecule has 3 rings (SSSR count). The molecule has 2 bridgehead atoms. The molecule has 2 unspecified atom stereocenters. The average molecular weight is 296 g/mol. The number of nitrogens with zero attached hydrogens (tertiary/aromatic N) is 2. The number of non-ortho nitro benzene ring substituents is 1. The smallest absolute Gasteiger partial charge is 0.271 e. The zero-order valence-corrected chi connectivity index (χ0v) is 12.1. The predicted octanol–water partition coefficient (Wildman–Crippen LogP) is 3.29. The third kappa shape index (κ3) is 2.47. The van der Waals surface area contributed by atoms with Crippen molar-refractivity contribution in [3.63, 3.8) is 0 Å². The Morgan fingerprint density at radius 3 is 2.55 bits per heavy atom. The van der Waals surface area contributed by atoms with Gasteiger partial charge in [0.2, 0.25) is 0 Å². The number of hydrogen-bond acceptors (Lipinski definition) is 4. The van der Waals surface area contributed by atoms with E-state index in [9.17, 15) is 10.1 Å². The monoisotopic (exact) mass is 295 g/mol. The summed E-state index contributed by atoms with van der Waals surface area (Å²) in [7, 11) is 2.21. The molecular formula is C14H18ClN3O2. The third-order valence-corrected chi connectivity index (χ3v) is 4.93. The number of halogens is 1. The molecule has 108 valence electrons. The van der Waals surface area contributed by atoms with Crippen LogP contribution in [0.5, 0.6) is 0 Å². The Morgan fingerprint density at radius 1 is 1.35 bits per heavy atom. The summed E-state index contributed by atoms with van der Waals surface area (Å²) < 4.78 is 0. The summed E-state index contributed by atoms with van der Waals surface area (Å²) in [6.07, 6.45) is 4.77. The molecule has 2 aliphatic rings. The Labute approximate surface area is 123 Å². The number of nitrogens with one attached hydrogen (secondary N) is 1. The molecule has 0 radical (unpaired) electrons. The molecule has 0 aliphatic carbocycles. The fourth-order valence-corrected chi connectivity index (χ4v) is 3.71. The summed E-state index contributed by atoms with van der Waals surface area (Å²) in [4.78, 5) is 12.8. The first-order valence-corrected chi connectivity index (χ1v) is 7.35. The number of benzene rings is 1. The van der Waals surface area contributed by atoms with Crippen LogP contribution in [0.2, 0.25) is 5.02 Å². The molecule has 2 atom stereocenters. The fraction of sp³-hybridized carbons (Fsp3) is 0.571. The number of nitro groups is 1. The molecule has 0 spiro atoms. The van der Waals surface area contributed by atoms with Crippen molar-refractivity contribution >= 4 is 23.0 Å². The molecule has 1 aromatic carbocycles. The van der Waals surface area contributed by atoms with E-state index in [1.807, 2.05) is 0 Å². The van der Waals surface area contributed by atoms with E-state index in [1.165, 1.54) is 25.0 Å². The molecule has 2 heterocycles. The highest BCUT2D eigenvalue weighted by Crippen LogP contribution is 2.36. The van der Waals surface area contributed by atoms with Crippen LogP contribution >= 0.6 is 11.6 Å². The van der Waals surface area contributed by atoms with Gasteiger partial charge in [-0.15, -0.1) is 0 Å². The van der Waals surface area contributed by atoms with Crippen molar-refractivity contribution in [2.75, 3.05) is 12.4 Å². The topological polar surface area (TPSA) is 58.4 Å². The van der Waals surface area contributed by atoms with Crippen LogP contribution in [0.25, 0.3) is 0 Å². The number of rotatable bonds is 3. The van der Waals surface area contributed by atoms with Gasteiger partial charge >= 0.3 is 0 Å². The van der Waals surface area contributed by atoms with Gasteiger partial charge in [-0.2, -0.15) is 0 Å². The number of hydrogen-bond donors (Lipinski definition) is 1. The number of piperidine rings is 1. The molecule has 5 nitrogen and oxygen atoms in total. The highest BCUT2D eigenvalue weighted by molar-refractivity contribution is 6.33. The van der Waals surface area contributed by atoms with E-state index in [1.54, 1.807) is 6.07 Å². The lowest BCUT2D eigenvalue weighted by Crippen LogP contribution is -2.44. The summed E-state index contributed by atoms with van der Waals surface area (Å²) >= 11 is 6.13. The van der Waals surface area contributed by atoms with Gasteiger partial charge in [-0.05, 0) is 38.8 Å². The van der Waals surface area contributed by atoms with Gasteiger partial charge in [0.25, 0.3) is 5.69 Å². The van der Waals surface area contributed by atoms with Crippen LogP contribution in [0.15, 0.2) is 18.2 Å². The van der Waals surface area contributed by atoms with Crippen LogP contribution in [0.4, 0.5) is 11.4 Å². The molecule has 1 aromatic rings. The van der Waals surface area contributed by atoms with Crippen LogP contribution in [-0.2, 0) is 0 Å². The summed E-state index contributed by atoms with van der Waals surface area (Å²) in [6, 6.07) is 6.33. The van der Waals surface area contributed by atoms with Gasteiger partial charge in [-0.3, -0.25) is 10.1 Å². The van der Waals surface area contributed by atoms with E-state index >= 15 is 0 Å². The molecule has 0 saturated carbocycles. The van der Waals surface area contributed by atoms with Crippen LogP contribution < -0.4 is 5.32 Å². The zero-order valence-electron chi connectivity index (χ0n) is 11.4. The summed E-state index contributed by atoms with van der Waals surface area (Å²) in [5.74, 6) is 0. The van der Waals surface area contributed by atoms with Gasteiger partial charge in [-0.25, -0.2) is 0 Å². The number of anilines is 1. The lowest BCUT2D eigenvalue weighted by atomic mass is 9.98. The number of nitro benzene ring substituents is 1. The first kappa shape index (κ1) is 13.6. The fourth-order valence-electron chi connectivity index (χ4n) is 3.48. The van der Waals surface area contributed by atoms with Gasteiger partial charge in [-0.1, -0.05) is 11.6 Å². The Hall–Kier alpha value is -1.33. The van der Waals surface area contributed by atoms with E-state index < -0.39 is 4.92 Å². The highest BCUT2D eigenvalue weighted by Gasteiger charge is 2.38. The van der Waals surface area contributed by atoms with Crippen molar-refractivity contribution in [1.82, 2.24) is 4.90 Å². The van der Waals surface area contributed by atoms with Crippen molar-refractivity contribution in [1.29, 1.82) is 0 Å². The minimum Gasteiger partial charge on any atom is -0.381 e. The van der Waals surface area contributed by atoms with Crippen molar-refractivity contribution in [3.05, 3.63) is 33.3 Å². The largest absolute Gasteiger partial charge is 0.381 e. The normalized spacial score (nSPS) is 29.4. The van der Waals surface area contributed by atoms with Crippen molar-refractivity contribution in [3.8, 4) is 0 Å². The van der Waals surface area contributed by atoms with Gasteiger partial charge < -0.3 is 10.2 Å². The summed E-state index contributed by atoms with van der Waals surface area (Å²) in [6.45, 7) is 0. The minimum atomic E-state index is -0.425. The molecule has 1 N–H and O–H groups in total. The lowest BCUT2D eigenvalue weighted by molar-refractivity contribution is -0.384. The molecule has 0 aromatic heterocycles. The summed E-state index contributed by atoms with van der Waals surface area (Å²) in [5.41, 5.74) is 0.829. The van der Waals surface area contributed by atoms with E-state index in [2.05, 4.69) is 17.3 Å². The molecule has 20 heavy (non-hydrogen) atoms. The Morgan fingerprint density at radius 2 is 2.00 bits per heavy atom. The molecule has 2 aliphatic heterocycles. The zero-order chi connectivity index (χ0) is 14.3. The van der Waals surface area contributed by atoms with Crippen LogP contribution in [0.3, 0.4) is 0 Å². The lowest BCUT2D eigenvalue weighted by Gasteiger charge is -2.37. The number of fused-ring (bicyclic) bond motifs is 2. The summed E-state index contributed by atoms with van der Waals surface area (Å²) in [5, 5.41) is 14.6. The molecule has 0 amide bonds. The van der Waals surface area contributed by atoms with Gasteiger partial charge in [0.15, 0.2) is 0 Å². The molecule has 2 saturated heterocycles. The van der Waals surface area contributed by atoms with Crippen LogP contribution in [-0.4, -0.2) is 35.0 Å². The second-order valence-electron chi connectivity index (χ2n) is 5.78. The maximum atomic E-state index is 10.7. The Balaban J connectivity index is 1.71. The predicted molar refractivity (Wildman–Crippen MR) is 79.3 cm³/mol. The highest BCUT2D eigenvalue weighted by atomic mass is 35.5. The molecule has 6 heteroatoms. The molecular weight excluding hydrogens is 278 g/mol. The van der Waals surface area contributed by atoms with Crippen LogP contribution in [0, 0.1) is 10.1 Å². The van der Waals surface area contributed by atoms with E-state index in [0.29, 0.717) is 23.1 Å². The third-order valence-electron chi connectivity index (χ3n) is 4.62. The minimum absolute atomic E-state index is 0.0315. The quantitative estimate of drug-likeness (QED) is 0.687. The Bertz CT molecular complexity index is 523. The van der Waals surface area contributed by atoms with Crippen LogP contribution in [0.1, 0.15) is 25.7 Å². The van der Waals surface area contributed by atoms with Crippen molar-refractivity contribution in [2.45, 2.75) is 43.8 Å². The first-order chi connectivity index (χ1) is 9.54. The van der Waals surface area contributed by atoms with Gasteiger partial charge in [0.05, 0.1) is 15.6 Å². The average Bonchev–Trinajstić information content (AvgIpc) is 2.64. The SMILES string of the molecule is CN1C2CCC1CC(Nc1ccc([N+](=O)[O-])cc1Cl)C2. The van der Waals surface area contributed by atoms with Crippen molar-refractivity contribution < 1.29 is 4.92 Å².